The van der Waals surface area contributed by atoms with Crippen molar-refractivity contribution in [2.45, 2.75) is 25.7 Å². The Bertz CT molecular complexity index is 241. The highest BCUT2D eigenvalue weighted by molar-refractivity contribution is 5.10. The van der Waals surface area contributed by atoms with Gasteiger partial charge in [0.25, 0.3) is 0 Å². The Morgan fingerprint density at radius 1 is 1.50 bits per heavy atom. The van der Waals surface area contributed by atoms with Crippen LogP contribution in [0.4, 0.5) is 13.2 Å². The van der Waals surface area contributed by atoms with Crippen LogP contribution in [-0.4, -0.2) is 37.0 Å². The molecule has 2 nitrogen and oxygen atoms in total. The van der Waals surface area contributed by atoms with Crippen molar-refractivity contribution in [3.05, 3.63) is 0 Å². The van der Waals surface area contributed by atoms with Crippen LogP contribution in [0, 0.1) is 11.8 Å². The van der Waals surface area contributed by atoms with E-state index in [0.717, 1.165) is 13.0 Å². The molecule has 1 aliphatic rings. The van der Waals surface area contributed by atoms with E-state index in [4.69, 9.17) is 0 Å². The lowest BCUT2D eigenvalue weighted by molar-refractivity contribution is -0.325. The smallest absolute Gasteiger partial charge is 0.291 e. The van der Waals surface area contributed by atoms with Gasteiger partial charge in [-0.05, 0) is 13.3 Å². The molecule has 1 atom stereocenters. The van der Waals surface area contributed by atoms with Crippen LogP contribution >= 0.6 is 0 Å². The number of alkyl halides is 3. The molecule has 1 fully saturated rings. The van der Waals surface area contributed by atoms with Gasteiger partial charge in [-0.1, -0.05) is 5.92 Å². The van der Waals surface area contributed by atoms with Crippen molar-refractivity contribution in [2.24, 2.45) is 0 Å². The highest BCUT2D eigenvalue weighted by Crippen LogP contribution is 2.18. The van der Waals surface area contributed by atoms with E-state index in [9.17, 15) is 13.2 Å². The topological polar surface area (TPSA) is 12.5 Å². The molecule has 14 heavy (non-hydrogen) atoms. The first-order valence-electron chi connectivity index (χ1n) is 4.40. The lowest BCUT2D eigenvalue weighted by atomic mass is 10.0. The Labute approximate surface area is 81.0 Å². The number of hydrogen-bond donors (Lipinski definition) is 0. The third-order valence-electron chi connectivity index (χ3n) is 2.09. The maximum atomic E-state index is 11.6. The van der Waals surface area contributed by atoms with E-state index in [1.165, 1.54) is 0 Å². The van der Waals surface area contributed by atoms with Gasteiger partial charge in [0.1, 0.15) is 0 Å². The van der Waals surface area contributed by atoms with Crippen molar-refractivity contribution < 1.29 is 17.9 Å². The second-order valence-corrected chi connectivity index (χ2v) is 3.03. The van der Waals surface area contributed by atoms with Crippen molar-refractivity contribution in [1.82, 2.24) is 4.90 Å². The van der Waals surface area contributed by atoms with Gasteiger partial charge >= 0.3 is 6.36 Å². The minimum absolute atomic E-state index is 0.122. The van der Waals surface area contributed by atoms with Crippen LogP contribution in [0.1, 0.15) is 13.3 Å². The highest BCUT2D eigenvalue weighted by Gasteiger charge is 2.31. The zero-order valence-corrected chi connectivity index (χ0v) is 7.90. The van der Waals surface area contributed by atoms with E-state index in [2.05, 4.69) is 16.6 Å². The van der Waals surface area contributed by atoms with Crippen LogP contribution in [0.15, 0.2) is 0 Å². The van der Waals surface area contributed by atoms with Gasteiger partial charge in [0.05, 0.1) is 12.6 Å². The first kappa shape index (κ1) is 11.3. The lowest BCUT2D eigenvalue weighted by Gasteiger charge is -2.37. The molecule has 5 heteroatoms. The van der Waals surface area contributed by atoms with E-state index in [1.807, 2.05) is 4.90 Å². The maximum Gasteiger partial charge on any atom is 0.522 e. The van der Waals surface area contributed by atoms with E-state index in [1.54, 1.807) is 6.92 Å². The summed E-state index contributed by atoms with van der Waals surface area (Å²) in [5.74, 6) is 5.67. The zero-order chi connectivity index (χ0) is 10.6. The summed E-state index contributed by atoms with van der Waals surface area (Å²) in [7, 11) is 0. The monoisotopic (exact) mass is 207 g/mol. The molecular weight excluding hydrogens is 195 g/mol. The largest absolute Gasteiger partial charge is 0.522 e. The van der Waals surface area contributed by atoms with Gasteiger partial charge in [0.2, 0.25) is 0 Å². The summed E-state index contributed by atoms with van der Waals surface area (Å²) in [6.45, 7) is 2.51. The quantitative estimate of drug-likeness (QED) is 0.652. The minimum Gasteiger partial charge on any atom is -0.291 e. The highest BCUT2D eigenvalue weighted by atomic mass is 19.4. The molecule has 0 radical (unpaired) electrons. The van der Waals surface area contributed by atoms with Gasteiger partial charge in [-0.25, -0.2) is 0 Å². The van der Waals surface area contributed by atoms with Gasteiger partial charge < -0.3 is 0 Å². The summed E-state index contributed by atoms with van der Waals surface area (Å²) < 4.78 is 38.5. The van der Waals surface area contributed by atoms with Crippen LogP contribution in [-0.2, 0) is 4.74 Å². The molecular formula is C9H12F3NO. The number of likely N-dealkylation sites (tertiary alicyclic amines) is 1. The average molecular weight is 207 g/mol. The van der Waals surface area contributed by atoms with Crippen LogP contribution < -0.4 is 0 Å². The zero-order valence-electron chi connectivity index (χ0n) is 7.90. The Morgan fingerprint density at radius 3 is 2.64 bits per heavy atom. The predicted molar refractivity (Wildman–Crippen MR) is 45.4 cm³/mol. The molecule has 80 valence electrons. The summed E-state index contributed by atoms with van der Waals surface area (Å²) in [5.41, 5.74) is 0. The fraction of sp³-hybridized carbons (Fsp3) is 0.778. The van der Waals surface area contributed by atoms with Gasteiger partial charge in [-0.3, -0.25) is 9.64 Å². The van der Waals surface area contributed by atoms with Crippen LogP contribution in [0.5, 0.6) is 0 Å². The molecule has 0 aromatic carbocycles. The third-order valence-corrected chi connectivity index (χ3v) is 2.09. The Morgan fingerprint density at radius 2 is 2.21 bits per heavy atom. The van der Waals surface area contributed by atoms with Crippen molar-refractivity contribution in [3.8, 4) is 11.8 Å². The Balaban J connectivity index is 2.16. The fourth-order valence-corrected chi connectivity index (χ4v) is 1.32. The van der Waals surface area contributed by atoms with Crippen molar-refractivity contribution >= 4 is 0 Å². The second kappa shape index (κ2) is 4.67. The first-order valence-corrected chi connectivity index (χ1v) is 4.40. The first-order chi connectivity index (χ1) is 6.53. The number of rotatable bonds is 3. The van der Waals surface area contributed by atoms with Gasteiger partial charge in [-0.2, -0.15) is 0 Å². The summed E-state index contributed by atoms with van der Waals surface area (Å²) in [6.07, 6.45) is -3.58. The van der Waals surface area contributed by atoms with Crippen LogP contribution in [0.2, 0.25) is 0 Å². The summed E-state index contributed by atoms with van der Waals surface area (Å²) >= 11 is 0. The normalized spacial score (nSPS) is 22.4. The molecule has 0 aromatic heterocycles. The van der Waals surface area contributed by atoms with Crippen molar-refractivity contribution in [1.29, 1.82) is 0 Å². The molecule has 0 spiro atoms. The molecule has 1 heterocycles. The molecule has 0 amide bonds. The molecule has 1 saturated heterocycles. The predicted octanol–water partition coefficient (Wildman–Crippen LogP) is 1.62. The minimum atomic E-state index is -4.52. The molecule has 0 aromatic rings. The molecule has 0 unspecified atom stereocenters. The Kier molecular flexibility index (Phi) is 3.78. The molecule has 1 aliphatic heterocycles. The van der Waals surface area contributed by atoms with E-state index in [0.29, 0.717) is 6.54 Å². The van der Waals surface area contributed by atoms with E-state index >= 15 is 0 Å². The van der Waals surface area contributed by atoms with Gasteiger partial charge in [0.15, 0.2) is 0 Å². The number of hydrogen-bond acceptors (Lipinski definition) is 2. The SMILES string of the molecule is CC#C[C@H]1CCN1CCOC(F)(F)F. The average Bonchev–Trinajstić information content (AvgIpc) is 2.04. The number of nitrogens with zero attached hydrogens (tertiary/aromatic N) is 1. The molecule has 0 aliphatic carbocycles. The number of halogens is 3. The number of ether oxygens (including phenoxy) is 1. The molecule has 0 saturated carbocycles. The standard InChI is InChI=1S/C9H12F3NO/c1-2-3-8-4-5-13(8)6-7-14-9(10,11)12/h8H,4-7H2,1H3/t8-/m0/s1. The third kappa shape index (κ3) is 3.56. The summed E-state index contributed by atoms with van der Waals surface area (Å²) in [6, 6.07) is 0.122. The molecule has 1 rings (SSSR count). The lowest BCUT2D eigenvalue weighted by Crippen LogP contribution is -2.48. The van der Waals surface area contributed by atoms with E-state index < -0.39 is 6.36 Å². The second-order valence-electron chi connectivity index (χ2n) is 3.03. The van der Waals surface area contributed by atoms with Crippen molar-refractivity contribution in [3.63, 3.8) is 0 Å². The van der Waals surface area contributed by atoms with Crippen molar-refractivity contribution in [2.75, 3.05) is 19.7 Å². The van der Waals surface area contributed by atoms with Crippen LogP contribution in [0.25, 0.3) is 0 Å². The van der Waals surface area contributed by atoms with Gasteiger partial charge in [0, 0.05) is 13.1 Å². The van der Waals surface area contributed by atoms with Gasteiger partial charge in [-0.15, -0.1) is 19.1 Å². The van der Waals surface area contributed by atoms with Crippen LogP contribution in [0.3, 0.4) is 0 Å². The summed E-state index contributed by atoms with van der Waals surface area (Å²) in [5, 5.41) is 0. The summed E-state index contributed by atoms with van der Waals surface area (Å²) in [4.78, 5) is 1.88. The molecule has 0 N–H and O–H groups in total. The van der Waals surface area contributed by atoms with E-state index in [-0.39, 0.29) is 12.6 Å². The fourth-order valence-electron chi connectivity index (χ4n) is 1.32. The molecule has 0 bridgehead atoms. The Hall–Kier alpha value is -0.730. The maximum absolute atomic E-state index is 11.6.